The van der Waals surface area contributed by atoms with Crippen LogP contribution < -0.4 is 4.90 Å². The van der Waals surface area contributed by atoms with Crippen LogP contribution in [0, 0.1) is 17.8 Å². The zero-order valence-electron chi connectivity index (χ0n) is 11.0. The number of fused-ring (bicyclic) bond motifs is 2. The number of carboxylic acids is 1. The maximum absolute atomic E-state index is 12.2. The third kappa shape index (κ3) is 2.35. The summed E-state index contributed by atoms with van der Waals surface area (Å²) in [6.45, 7) is 1.25. The Morgan fingerprint density at radius 2 is 1.80 bits per heavy atom. The van der Waals surface area contributed by atoms with E-state index in [1.807, 2.05) is 24.3 Å². The Kier molecular flexibility index (Phi) is 3.54. The second-order valence-corrected chi connectivity index (χ2v) is 6.51. The van der Waals surface area contributed by atoms with Crippen molar-refractivity contribution in [2.75, 3.05) is 18.0 Å². The molecule has 1 aromatic rings. The highest BCUT2D eigenvalue weighted by molar-refractivity contribution is 9.10. The van der Waals surface area contributed by atoms with Crippen molar-refractivity contribution in [1.82, 2.24) is 0 Å². The maximum atomic E-state index is 12.2. The van der Waals surface area contributed by atoms with E-state index in [9.17, 15) is 14.7 Å². The third-order valence-electron chi connectivity index (χ3n) is 4.37. The number of ketones is 1. The van der Waals surface area contributed by atoms with Crippen molar-refractivity contribution >= 4 is 33.4 Å². The molecule has 0 radical (unpaired) electrons. The first-order chi connectivity index (χ1) is 9.56. The fourth-order valence-corrected chi connectivity index (χ4v) is 3.93. The number of benzene rings is 1. The van der Waals surface area contributed by atoms with Crippen LogP contribution in [0.2, 0.25) is 0 Å². The van der Waals surface area contributed by atoms with Gasteiger partial charge in [-0.2, -0.15) is 0 Å². The van der Waals surface area contributed by atoms with E-state index in [2.05, 4.69) is 20.8 Å². The molecule has 20 heavy (non-hydrogen) atoms. The number of halogens is 1. The van der Waals surface area contributed by atoms with Crippen molar-refractivity contribution in [3.8, 4) is 0 Å². The van der Waals surface area contributed by atoms with E-state index in [1.165, 1.54) is 0 Å². The molecule has 106 valence electrons. The van der Waals surface area contributed by atoms with Crippen molar-refractivity contribution < 1.29 is 14.7 Å². The lowest BCUT2D eigenvalue weighted by molar-refractivity contribution is -0.146. The summed E-state index contributed by atoms with van der Waals surface area (Å²) < 4.78 is 1.02. The highest BCUT2D eigenvalue weighted by Crippen LogP contribution is 2.38. The van der Waals surface area contributed by atoms with Crippen molar-refractivity contribution in [2.45, 2.75) is 12.8 Å². The first-order valence-corrected chi connectivity index (χ1v) is 7.61. The standard InChI is InChI=1S/C15H16BrNO3/c16-12-3-1-2-4-13(12)17-7-10-5-9(15(19)20)6-11(8-17)14(10)18/h1-4,9-11H,5-8H2,(H,19,20). The Morgan fingerprint density at radius 3 is 2.35 bits per heavy atom. The van der Waals surface area contributed by atoms with Crippen LogP contribution in [0.25, 0.3) is 0 Å². The molecule has 1 heterocycles. The second kappa shape index (κ2) is 5.20. The quantitative estimate of drug-likeness (QED) is 0.901. The van der Waals surface area contributed by atoms with Crippen LogP contribution in [-0.4, -0.2) is 29.9 Å². The smallest absolute Gasteiger partial charge is 0.306 e. The predicted molar refractivity (Wildman–Crippen MR) is 78.7 cm³/mol. The molecule has 2 unspecified atom stereocenters. The summed E-state index contributed by atoms with van der Waals surface area (Å²) in [5.41, 5.74) is 1.09. The van der Waals surface area contributed by atoms with Crippen LogP contribution in [0.4, 0.5) is 5.69 Å². The lowest BCUT2D eigenvalue weighted by Crippen LogP contribution is -2.52. The molecule has 0 amide bonds. The zero-order valence-corrected chi connectivity index (χ0v) is 12.5. The SMILES string of the molecule is O=C(O)C1CC2CN(c3ccccc3Br)CC(C1)C2=O. The molecule has 0 aromatic heterocycles. The van der Waals surface area contributed by atoms with Crippen LogP contribution >= 0.6 is 15.9 Å². The number of aliphatic carboxylic acids is 1. The molecule has 1 aliphatic carbocycles. The van der Waals surface area contributed by atoms with E-state index in [4.69, 9.17) is 0 Å². The molecule has 2 fully saturated rings. The van der Waals surface area contributed by atoms with E-state index in [1.54, 1.807) is 0 Å². The van der Waals surface area contributed by atoms with E-state index in [0.717, 1.165) is 10.2 Å². The molecule has 1 saturated carbocycles. The highest BCUT2D eigenvalue weighted by Gasteiger charge is 2.44. The summed E-state index contributed by atoms with van der Waals surface area (Å²) in [6, 6.07) is 7.96. The van der Waals surface area contributed by atoms with Gasteiger partial charge in [-0.05, 0) is 40.9 Å². The molecule has 1 aromatic carbocycles. The van der Waals surface area contributed by atoms with Crippen LogP contribution in [0.5, 0.6) is 0 Å². The molecular formula is C15H16BrNO3. The van der Waals surface area contributed by atoms with E-state index in [0.29, 0.717) is 25.9 Å². The predicted octanol–water partition coefficient (Wildman–Crippen LogP) is 2.57. The normalized spacial score (nSPS) is 29.4. The van der Waals surface area contributed by atoms with Crippen molar-refractivity contribution in [3.05, 3.63) is 28.7 Å². The summed E-state index contributed by atoms with van der Waals surface area (Å²) in [6.07, 6.45) is 0.956. The fourth-order valence-electron chi connectivity index (χ4n) is 3.39. The number of carbonyl (C=O) groups excluding carboxylic acids is 1. The number of nitrogens with zero attached hydrogens (tertiary/aromatic N) is 1. The molecular weight excluding hydrogens is 322 g/mol. The molecule has 0 spiro atoms. The van der Waals surface area contributed by atoms with Gasteiger partial charge in [-0.3, -0.25) is 9.59 Å². The molecule has 1 saturated heterocycles. The average Bonchev–Trinajstić information content (AvgIpc) is 2.39. The number of carbonyl (C=O) groups is 2. The monoisotopic (exact) mass is 337 g/mol. The van der Waals surface area contributed by atoms with Gasteiger partial charge in [0.2, 0.25) is 0 Å². The average molecular weight is 338 g/mol. The lowest BCUT2D eigenvalue weighted by atomic mass is 9.71. The molecule has 2 atom stereocenters. The van der Waals surface area contributed by atoms with Gasteiger partial charge >= 0.3 is 5.97 Å². The largest absolute Gasteiger partial charge is 0.481 e. The number of piperidine rings is 1. The van der Waals surface area contributed by atoms with Crippen molar-refractivity contribution in [2.24, 2.45) is 17.8 Å². The number of carboxylic acid groups (broad SMARTS) is 1. The third-order valence-corrected chi connectivity index (χ3v) is 5.04. The Morgan fingerprint density at radius 1 is 1.20 bits per heavy atom. The fraction of sp³-hybridized carbons (Fsp3) is 0.467. The number of anilines is 1. The van der Waals surface area contributed by atoms with E-state index in [-0.39, 0.29) is 23.5 Å². The minimum Gasteiger partial charge on any atom is -0.481 e. The number of hydrogen-bond donors (Lipinski definition) is 1. The summed E-state index contributed by atoms with van der Waals surface area (Å²) in [7, 11) is 0. The summed E-state index contributed by atoms with van der Waals surface area (Å²) in [5.74, 6) is -1.15. The van der Waals surface area contributed by atoms with Crippen molar-refractivity contribution in [1.29, 1.82) is 0 Å². The van der Waals surface area contributed by atoms with Gasteiger partial charge in [0.1, 0.15) is 5.78 Å². The van der Waals surface area contributed by atoms with Gasteiger partial charge in [-0.1, -0.05) is 12.1 Å². The van der Waals surface area contributed by atoms with Crippen LogP contribution in [0.15, 0.2) is 28.7 Å². The number of rotatable bonds is 2. The molecule has 1 N–H and O–H groups in total. The first kappa shape index (κ1) is 13.6. The zero-order chi connectivity index (χ0) is 14.3. The molecule has 5 heteroatoms. The van der Waals surface area contributed by atoms with Gasteiger partial charge in [0.25, 0.3) is 0 Å². The van der Waals surface area contributed by atoms with Gasteiger partial charge in [-0.25, -0.2) is 0 Å². The van der Waals surface area contributed by atoms with Crippen LogP contribution in [0.1, 0.15) is 12.8 Å². The Labute approximate surface area is 125 Å². The Bertz CT molecular complexity index is 542. The van der Waals surface area contributed by atoms with Gasteiger partial charge in [0.05, 0.1) is 11.6 Å². The minimum atomic E-state index is -0.762. The summed E-state index contributed by atoms with van der Waals surface area (Å²) >= 11 is 3.54. The van der Waals surface area contributed by atoms with E-state index < -0.39 is 5.97 Å². The lowest BCUT2D eigenvalue weighted by Gasteiger charge is -2.43. The molecule has 4 nitrogen and oxygen atoms in total. The van der Waals surface area contributed by atoms with Gasteiger partial charge in [-0.15, -0.1) is 0 Å². The van der Waals surface area contributed by atoms with Gasteiger partial charge in [0.15, 0.2) is 0 Å². The number of para-hydroxylation sites is 1. The van der Waals surface area contributed by atoms with Crippen molar-refractivity contribution in [3.63, 3.8) is 0 Å². The van der Waals surface area contributed by atoms with Gasteiger partial charge < -0.3 is 10.0 Å². The van der Waals surface area contributed by atoms with Crippen LogP contribution in [-0.2, 0) is 9.59 Å². The molecule has 1 aliphatic heterocycles. The second-order valence-electron chi connectivity index (χ2n) is 5.66. The van der Waals surface area contributed by atoms with Gasteiger partial charge in [0, 0.05) is 29.4 Å². The summed E-state index contributed by atoms with van der Waals surface area (Å²) in [5, 5.41) is 9.17. The number of Topliss-reactive ketones (excluding diaryl/α,β-unsaturated/α-hetero) is 1. The Balaban J connectivity index is 1.83. The van der Waals surface area contributed by atoms with Crippen LogP contribution in [0.3, 0.4) is 0 Å². The topological polar surface area (TPSA) is 57.6 Å². The van der Waals surface area contributed by atoms with E-state index >= 15 is 0 Å². The molecule has 2 aliphatic rings. The Hall–Kier alpha value is -1.36. The minimum absolute atomic E-state index is 0.143. The number of hydrogen-bond acceptors (Lipinski definition) is 3. The summed E-state index contributed by atoms with van der Waals surface area (Å²) in [4.78, 5) is 25.6. The first-order valence-electron chi connectivity index (χ1n) is 6.82. The molecule has 2 bridgehead atoms. The highest BCUT2D eigenvalue weighted by atomic mass is 79.9. The maximum Gasteiger partial charge on any atom is 0.306 e. The molecule has 3 rings (SSSR count).